The largest absolute Gasteiger partial charge is 0.366 e. The van der Waals surface area contributed by atoms with Gasteiger partial charge in [-0.15, -0.1) is 11.3 Å². The molecule has 1 aromatic heterocycles. The van der Waals surface area contributed by atoms with Gasteiger partial charge in [0.1, 0.15) is 16.9 Å². The lowest BCUT2D eigenvalue weighted by Gasteiger charge is -2.18. The Bertz CT molecular complexity index is 1690. The van der Waals surface area contributed by atoms with Crippen LogP contribution in [0.4, 0.5) is 4.39 Å². The van der Waals surface area contributed by atoms with Crippen molar-refractivity contribution in [3.63, 3.8) is 0 Å². The zero-order chi connectivity index (χ0) is 27.7. The lowest BCUT2D eigenvalue weighted by molar-refractivity contribution is -0.127. The third-order valence-corrected chi connectivity index (χ3v) is 9.50. The normalized spacial score (nSPS) is 16.1. The van der Waals surface area contributed by atoms with Crippen LogP contribution in [-0.2, 0) is 25.2 Å². The predicted molar refractivity (Wildman–Crippen MR) is 145 cm³/mol. The van der Waals surface area contributed by atoms with E-state index in [1.54, 1.807) is 42.5 Å². The van der Waals surface area contributed by atoms with Gasteiger partial charge >= 0.3 is 0 Å². The topological polar surface area (TPSA) is 148 Å². The Balaban J connectivity index is 1.55. The van der Waals surface area contributed by atoms with Gasteiger partial charge in [-0.2, -0.15) is 0 Å². The number of hydrogen-bond donors (Lipinski definition) is 3. The van der Waals surface area contributed by atoms with Crippen molar-refractivity contribution in [1.29, 1.82) is 0 Å². The van der Waals surface area contributed by atoms with E-state index in [0.717, 1.165) is 11.3 Å². The van der Waals surface area contributed by atoms with E-state index < -0.39 is 44.5 Å². The fourth-order valence-electron chi connectivity index (χ4n) is 4.41. The van der Waals surface area contributed by atoms with Gasteiger partial charge < -0.3 is 16.4 Å². The van der Waals surface area contributed by atoms with Crippen molar-refractivity contribution in [2.24, 2.45) is 5.73 Å². The third-order valence-electron chi connectivity index (χ3n) is 6.37. The molecule has 1 aliphatic rings. The van der Waals surface area contributed by atoms with Crippen LogP contribution in [0.25, 0.3) is 21.3 Å². The second-order valence-corrected chi connectivity index (χ2v) is 12.3. The zero-order valence-electron chi connectivity index (χ0n) is 20.4. The molecule has 3 aromatic carbocycles. The molecule has 4 aromatic rings. The van der Waals surface area contributed by atoms with Gasteiger partial charge in [-0.05, 0) is 35.7 Å². The minimum atomic E-state index is -4.15. The maximum absolute atomic E-state index is 15.1. The number of carbonyl (C=O) groups excluding carboxylic acids is 3. The molecule has 0 spiro atoms. The molecule has 0 bridgehead atoms. The number of thiazole rings is 1. The maximum Gasteiger partial charge on any atom is 0.248 e. The van der Waals surface area contributed by atoms with Crippen LogP contribution in [0.15, 0.2) is 66.7 Å². The molecule has 1 saturated heterocycles. The first-order valence-corrected chi connectivity index (χ1v) is 14.5. The number of sulfone groups is 1. The third kappa shape index (κ3) is 5.52. The Morgan fingerprint density at radius 2 is 1.85 bits per heavy atom. The van der Waals surface area contributed by atoms with Crippen molar-refractivity contribution in [3.8, 4) is 11.1 Å². The summed E-state index contributed by atoms with van der Waals surface area (Å²) in [4.78, 5) is 41.2. The number of benzene rings is 3. The molecular weight excluding hydrogens is 543 g/mol. The first-order valence-electron chi connectivity index (χ1n) is 12.0. The summed E-state index contributed by atoms with van der Waals surface area (Å²) in [5.41, 5.74) is 6.92. The molecular formula is C27H23FN4O5S2. The second-order valence-electron chi connectivity index (χ2n) is 9.11. The Labute approximate surface area is 227 Å². The van der Waals surface area contributed by atoms with Crippen LogP contribution in [0, 0.1) is 5.82 Å². The highest BCUT2D eigenvalue weighted by molar-refractivity contribution is 7.91. The molecule has 39 heavy (non-hydrogen) atoms. The highest BCUT2D eigenvalue weighted by Gasteiger charge is 2.39. The molecule has 4 N–H and O–H groups in total. The highest BCUT2D eigenvalue weighted by atomic mass is 32.2. The minimum absolute atomic E-state index is 0.0301. The fourth-order valence-corrected chi connectivity index (χ4v) is 7.54. The molecule has 0 aliphatic carbocycles. The van der Waals surface area contributed by atoms with Gasteiger partial charge in [0.2, 0.25) is 17.7 Å². The molecule has 200 valence electrons. The van der Waals surface area contributed by atoms with Crippen LogP contribution in [0.1, 0.15) is 32.6 Å². The molecule has 9 nitrogen and oxygen atoms in total. The van der Waals surface area contributed by atoms with E-state index in [2.05, 4.69) is 15.6 Å². The summed E-state index contributed by atoms with van der Waals surface area (Å²) in [5, 5.41) is 3.43. The van der Waals surface area contributed by atoms with Crippen molar-refractivity contribution >= 4 is 49.1 Å². The number of nitrogens with two attached hydrogens (primary N) is 1. The van der Waals surface area contributed by atoms with Crippen molar-refractivity contribution in [3.05, 3.63) is 88.7 Å². The Morgan fingerprint density at radius 1 is 1.13 bits per heavy atom. The summed E-state index contributed by atoms with van der Waals surface area (Å²) in [6, 6.07) is 16.3. The number of nitrogens with one attached hydrogen (secondary N) is 2. The van der Waals surface area contributed by atoms with E-state index in [0.29, 0.717) is 28.8 Å². The van der Waals surface area contributed by atoms with Gasteiger partial charge in [0.25, 0.3) is 0 Å². The Kier molecular flexibility index (Phi) is 7.15. The molecule has 2 heterocycles. The number of fused-ring (bicyclic) bond motifs is 1. The van der Waals surface area contributed by atoms with Crippen molar-refractivity contribution < 1.29 is 27.2 Å². The summed E-state index contributed by atoms with van der Waals surface area (Å²) in [5.74, 6) is -2.90. The first-order chi connectivity index (χ1) is 18.6. The molecule has 1 fully saturated rings. The van der Waals surface area contributed by atoms with Crippen molar-refractivity contribution in [2.45, 2.75) is 23.5 Å². The summed E-state index contributed by atoms with van der Waals surface area (Å²) in [7, 11) is -4.15. The summed E-state index contributed by atoms with van der Waals surface area (Å²) in [6.45, 7) is 0.370. The average molecular weight is 567 g/mol. The van der Waals surface area contributed by atoms with Gasteiger partial charge in [0, 0.05) is 23.7 Å². The van der Waals surface area contributed by atoms with E-state index in [1.807, 2.05) is 0 Å². The Morgan fingerprint density at radius 3 is 2.49 bits per heavy atom. The summed E-state index contributed by atoms with van der Waals surface area (Å²) >= 11 is 0.963. The molecule has 1 unspecified atom stereocenters. The minimum Gasteiger partial charge on any atom is -0.366 e. The quantitative estimate of drug-likeness (QED) is 0.299. The number of hydrogen-bond acceptors (Lipinski definition) is 7. The first kappa shape index (κ1) is 26.4. The van der Waals surface area contributed by atoms with Crippen molar-refractivity contribution in [2.75, 3.05) is 6.54 Å². The van der Waals surface area contributed by atoms with Gasteiger partial charge in [0.05, 0.1) is 16.0 Å². The summed E-state index contributed by atoms with van der Waals surface area (Å²) < 4.78 is 42.8. The molecule has 2 atom stereocenters. The Hall–Kier alpha value is -4.16. The van der Waals surface area contributed by atoms with E-state index in [4.69, 9.17) is 5.73 Å². The number of nitrogens with zero attached hydrogens (tertiary/aromatic N) is 1. The van der Waals surface area contributed by atoms with Crippen LogP contribution in [0.2, 0.25) is 0 Å². The smallest absolute Gasteiger partial charge is 0.248 e. The van der Waals surface area contributed by atoms with E-state index in [1.165, 1.54) is 24.3 Å². The van der Waals surface area contributed by atoms with E-state index >= 15 is 4.39 Å². The average Bonchev–Trinajstić information content (AvgIpc) is 3.48. The molecule has 0 saturated carbocycles. The molecule has 0 radical (unpaired) electrons. The standard InChI is InChI=1S/C27H23FN4O5S2/c28-19-13-21-22(12-18(19)16-6-8-17(9-7-16)24(29)33)38-27(32-21)23(26(35)31-20-10-11-30-25(20)34)39(36,37)14-15-4-2-1-3-5-15/h1-9,12-13,20,23H,10-11,14H2,(H2,29,33)(H,30,34)(H,31,35)/t20-,23?/m0/s1. The molecule has 3 amide bonds. The molecule has 5 rings (SSSR count). The molecule has 12 heteroatoms. The lowest BCUT2D eigenvalue weighted by Crippen LogP contribution is -2.44. The number of primary amides is 1. The SMILES string of the molecule is NC(=O)c1ccc(-c2cc3sc(C(C(=O)N[C@H]4CCNC4=O)S(=O)(=O)Cc4ccccc4)nc3cc2F)cc1. The van der Waals surface area contributed by atoms with Crippen LogP contribution in [0.3, 0.4) is 0 Å². The van der Waals surface area contributed by atoms with Crippen LogP contribution in [-0.4, -0.2) is 43.7 Å². The highest BCUT2D eigenvalue weighted by Crippen LogP contribution is 2.36. The van der Waals surface area contributed by atoms with Gasteiger partial charge in [-0.1, -0.05) is 42.5 Å². The van der Waals surface area contributed by atoms with E-state index in [9.17, 15) is 22.8 Å². The maximum atomic E-state index is 15.1. The number of rotatable bonds is 8. The van der Waals surface area contributed by atoms with Gasteiger partial charge in [-0.25, -0.2) is 17.8 Å². The van der Waals surface area contributed by atoms with E-state index in [-0.39, 0.29) is 27.6 Å². The lowest BCUT2D eigenvalue weighted by atomic mass is 10.0. The predicted octanol–water partition coefficient (Wildman–Crippen LogP) is 2.86. The van der Waals surface area contributed by atoms with Crippen LogP contribution < -0.4 is 16.4 Å². The number of carbonyl (C=O) groups is 3. The zero-order valence-corrected chi connectivity index (χ0v) is 22.0. The number of halogens is 1. The van der Waals surface area contributed by atoms with Gasteiger partial charge in [-0.3, -0.25) is 14.4 Å². The second kappa shape index (κ2) is 10.5. The van der Waals surface area contributed by atoms with Crippen LogP contribution >= 0.6 is 11.3 Å². The number of amides is 3. The molecule has 1 aliphatic heterocycles. The van der Waals surface area contributed by atoms with Gasteiger partial charge in [0.15, 0.2) is 15.1 Å². The number of aromatic nitrogens is 1. The fraction of sp³-hybridized carbons (Fsp3) is 0.185. The van der Waals surface area contributed by atoms with Crippen LogP contribution in [0.5, 0.6) is 0 Å². The monoisotopic (exact) mass is 566 g/mol. The summed E-state index contributed by atoms with van der Waals surface area (Å²) in [6.07, 6.45) is 0.332. The van der Waals surface area contributed by atoms with Crippen molar-refractivity contribution in [1.82, 2.24) is 15.6 Å².